The first-order valence-electron chi connectivity index (χ1n) is 6.35. The summed E-state index contributed by atoms with van der Waals surface area (Å²) in [6, 6.07) is 11.1. The molecule has 0 radical (unpaired) electrons. The van der Waals surface area contributed by atoms with Gasteiger partial charge >= 0.3 is 0 Å². The Hall–Kier alpha value is -0.860. The van der Waals surface area contributed by atoms with Crippen molar-refractivity contribution < 1.29 is 0 Å². The maximum Gasteiger partial charge on any atom is 0.0234 e. The lowest BCUT2D eigenvalue weighted by molar-refractivity contribution is 0.310. The average Bonchev–Trinajstić information content (AvgIpc) is 3.06. The van der Waals surface area contributed by atoms with Crippen LogP contribution >= 0.6 is 0 Å². The molecule has 2 N–H and O–H groups in total. The third-order valence-electron chi connectivity index (χ3n) is 3.96. The molecule has 2 atom stereocenters. The molecular weight excluding hydrogens is 196 g/mol. The number of benzene rings is 1. The summed E-state index contributed by atoms with van der Waals surface area (Å²) in [5.74, 6) is 1.71. The summed E-state index contributed by atoms with van der Waals surface area (Å²) >= 11 is 0. The second-order valence-corrected chi connectivity index (χ2v) is 5.34. The summed E-state index contributed by atoms with van der Waals surface area (Å²) in [5, 5.41) is 0. The molecule has 3 rings (SSSR count). The minimum atomic E-state index is 0.413. The van der Waals surface area contributed by atoms with Gasteiger partial charge in [-0.05, 0) is 30.2 Å². The molecule has 2 fully saturated rings. The van der Waals surface area contributed by atoms with E-state index in [0.29, 0.717) is 6.04 Å². The molecule has 16 heavy (non-hydrogen) atoms. The van der Waals surface area contributed by atoms with Gasteiger partial charge in [0, 0.05) is 25.7 Å². The molecule has 1 saturated carbocycles. The predicted octanol–water partition coefficient (Wildman–Crippen LogP) is 1.86. The van der Waals surface area contributed by atoms with Crippen molar-refractivity contribution in [2.45, 2.75) is 25.4 Å². The van der Waals surface area contributed by atoms with Crippen LogP contribution in [-0.2, 0) is 6.54 Å². The van der Waals surface area contributed by atoms with E-state index in [2.05, 4.69) is 35.2 Å². The van der Waals surface area contributed by atoms with Crippen molar-refractivity contribution in [1.82, 2.24) is 4.90 Å². The lowest BCUT2D eigenvalue weighted by atomic mass is 9.99. The number of likely N-dealkylation sites (tertiary alicyclic amines) is 1. The van der Waals surface area contributed by atoms with Gasteiger partial charge in [0.05, 0.1) is 0 Å². The topological polar surface area (TPSA) is 29.3 Å². The molecule has 1 aromatic carbocycles. The van der Waals surface area contributed by atoms with Crippen LogP contribution < -0.4 is 5.73 Å². The average molecular weight is 216 g/mol. The fourth-order valence-electron chi connectivity index (χ4n) is 2.94. The number of hydrogen-bond donors (Lipinski definition) is 1. The molecule has 2 aliphatic rings. The molecule has 0 amide bonds. The minimum Gasteiger partial charge on any atom is -0.326 e. The summed E-state index contributed by atoms with van der Waals surface area (Å²) in [4.78, 5) is 2.52. The molecule has 0 spiro atoms. The monoisotopic (exact) mass is 216 g/mol. The lowest BCUT2D eigenvalue weighted by Crippen LogP contribution is -2.30. The van der Waals surface area contributed by atoms with Crippen molar-refractivity contribution in [1.29, 1.82) is 0 Å². The maximum atomic E-state index is 6.22. The zero-order valence-electron chi connectivity index (χ0n) is 9.68. The van der Waals surface area contributed by atoms with Crippen molar-refractivity contribution in [3.05, 3.63) is 35.9 Å². The molecule has 1 saturated heterocycles. The van der Waals surface area contributed by atoms with Gasteiger partial charge in [-0.25, -0.2) is 0 Å². The van der Waals surface area contributed by atoms with Crippen molar-refractivity contribution in [2.75, 3.05) is 13.1 Å². The summed E-state index contributed by atoms with van der Waals surface area (Å²) in [5.41, 5.74) is 7.63. The number of hydrogen-bond acceptors (Lipinski definition) is 2. The van der Waals surface area contributed by atoms with Crippen LogP contribution in [0.1, 0.15) is 18.4 Å². The molecular formula is C14H20N2. The standard InChI is InChI=1S/C14H20N2/c15-14-10-16(9-13(14)12-6-7-12)8-11-4-2-1-3-5-11/h1-5,12-14H,6-10,15H2/t13-,14-/m1/s1. The van der Waals surface area contributed by atoms with Gasteiger partial charge in [-0.15, -0.1) is 0 Å². The SMILES string of the molecule is N[C@@H]1CN(Cc2ccccc2)C[C@@H]1C1CC1. The molecule has 0 aromatic heterocycles. The largest absolute Gasteiger partial charge is 0.326 e. The van der Waals surface area contributed by atoms with Gasteiger partial charge in [-0.3, -0.25) is 4.90 Å². The van der Waals surface area contributed by atoms with Gasteiger partial charge in [-0.1, -0.05) is 30.3 Å². The zero-order valence-corrected chi connectivity index (χ0v) is 9.68. The Kier molecular flexibility index (Phi) is 2.70. The van der Waals surface area contributed by atoms with Crippen LogP contribution in [-0.4, -0.2) is 24.0 Å². The highest BCUT2D eigenvalue weighted by atomic mass is 15.2. The van der Waals surface area contributed by atoms with Crippen molar-refractivity contribution >= 4 is 0 Å². The van der Waals surface area contributed by atoms with E-state index < -0.39 is 0 Å². The minimum absolute atomic E-state index is 0.413. The third-order valence-corrected chi connectivity index (χ3v) is 3.96. The molecule has 2 nitrogen and oxygen atoms in total. The highest BCUT2D eigenvalue weighted by molar-refractivity contribution is 5.15. The fourth-order valence-corrected chi connectivity index (χ4v) is 2.94. The second kappa shape index (κ2) is 4.19. The van der Waals surface area contributed by atoms with E-state index in [1.54, 1.807) is 0 Å². The van der Waals surface area contributed by atoms with E-state index in [1.165, 1.54) is 24.9 Å². The first-order chi connectivity index (χ1) is 7.83. The highest BCUT2D eigenvalue weighted by Crippen LogP contribution is 2.41. The van der Waals surface area contributed by atoms with Gasteiger partial charge in [0.15, 0.2) is 0 Å². The quantitative estimate of drug-likeness (QED) is 0.835. The van der Waals surface area contributed by atoms with E-state index >= 15 is 0 Å². The molecule has 0 unspecified atom stereocenters. The Morgan fingerprint density at radius 3 is 2.56 bits per heavy atom. The number of nitrogens with two attached hydrogens (primary N) is 1. The summed E-state index contributed by atoms with van der Waals surface area (Å²) in [7, 11) is 0. The molecule has 86 valence electrons. The molecule has 1 aliphatic carbocycles. The van der Waals surface area contributed by atoms with Gasteiger partial charge in [-0.2, -0.15) is 0 Å². The highest BCUT2D eigenvalue weighted by Gasteiger charge is 2.40. The summed E-state index contributed by atoms with van der Waals surface area (Å²) < 4.78 is 0. The van der Waals surface area contributed by atoms with Gasteiger partial charge in [0.1, 0.15) is 0 Å². The zero-order chi connectivity index (χ0) is 11.0. The smallest absolute Gasteiger partial charge is 0.0234 e. The van der Waals surface area contributed by atoms with Crippen molar-refractivity contribution in [3.8, 4) is 0 Å². The van der Waals surface area contributed by atoms with Gasteiger partial charge < -0.3 is 5.73 Å². The normalized spacial score (nSPS) is 30.8. The second-order valence-electron chi connectivity index (χ2n) is 5.34. The molecule has 1 aliphatic heterocycles. The first-order valence-corrected chi connectivity index (χ1v) is 6.35. The Morgan fingerprint density at radius 2 is 1.88 bits per heavy atom. The van der Waals surface area contributed by atoms with Crippen molar-refractivity contribution in [3.63, 3.8) is 0 Å². The fraction of sp³-hybridized carbons (Fsp3) is 0.571. The van der Waals surface area contributed by atoms with Gasteiger partial charge in [0.2, 0.25) is 0 Å². The lowest BCUT2D eigenvalue weighted by Gasteiger charge is -2.15. The Balaban J connectivity index is 1.61. The molecule has 0 bridgehead atoms. The number of rotatable bonds is 3. The Labute approximate surface area is 97.4 Å². The predicted molar refractivity (Wildman–Crippen MR) is 65.9 cm³/mol. The van der Waals surface area contributed by atoms with Crippen LogP contribution in [0.5, 0.6) is 0 Å². The van der Waals surface area contributed by atoms with E-state index in [4.69, 9.17) is 5.73 Å². The maximum absolute atomic E-state index is 6.22. The van der Waals surface area contributed by atoms with Crippen LogP contribution in [0.3, 0.4) is 0 Å². The van der Waals surface area contributed by atoms with Crippen molar-refractivity contribution in [2.24, 2.45) is 17.6 Å². The van der Waals surface area contributed by atoms with Crippen LogP contribution in [0.15, 0.2) is 30.3 Å². The Morgan fingerprint density at radius 1 is 1.12 bits per heavy atom. The van der Waals surface area contributed by atoms with Gasteiger partial charge in [0.25, 0.3) is 0 Å². The van der Waals surface area contributed by atoms with Crippen LogP contribution in [0.25, 0.3) is 0 Å². The molecule has 1 aromatic rings. The number of nitrogens with zero attached hydrogens (tertiary/aromatic N) is 1. The van der Waals surface area contributed by atoms with Crippen LogP contribution in [0.2, 0.25) is 0 Å². The van der Waals surface area contributed by atoms with E-state index in [0.717, 1.165) is 24.9 Å². The molecule has 2 heteroatoms. The van der Waals surface area contributed by atoms with Crippen LogP contribution in [0, 0.1) is 11.8 Å². The third kappa shape index (κ3) is 2.13. The Bertz CT molecular complexity index is 345. The summed E-state index contributed by atoms with van der Waals surface area (Å²) in [6.45, 7) is 3.36. The van der Waals surface area contributed by atoms with E-state index in [9.17, 15) is 0 Å². The summed E-state index contributed by atoms with van der Waals surface area (Å²) in [6.07, 6.45) is 2.83. The van der Waals surface area contributed by atoms with E-state index in [-0.39, 0.29) is 0 Å². The van der Waals surface area contributed by atoms with E-state index in [1.807, 2.05) is 0 Å². The first kappa shape index (κ1) is 10.3. The molecule has 1 heterocycles. The van der Waals surface area contributed by atoms with Crippen LogP contribution in [0.4, 0.5) is 0 Å².